The van der Waals surface area contributed by atoms with Gasteiger partial charge in [-0.05, 0) is 62.8 Å². The highest BCUT2D eigenvalue weighted by molar-refractivity contribution is 7.99. The summed E-state index contributed by atoms with van der Waals surface area (Å²) in [5.74, 6) is 0.418. The fourth-order valence-electron chi connectivity index (χ4n) is 2.63. The highest BCUT2D eigenvalue weighted by atomic mass is 32.2. The van der Waals surface area contributed by atoms with E-state index in [4.69, 9.17) is 9.57 Å². The van der Waals surface area contributed by atoms with E-state index >= 15 is 0 Å². The number of amides is 1. The Balaban J connectivity index is 2.22. The number of benzene rings is 1. The summed E-state index contributed by atoms with van der Waals surface area (Å²) in [7, 11) is 1.46. The van der Waals surface area contributed by atoms with Crippen LogP contribution < -0.4 is 10.1 Å². The van der Waals surface area contributed by atoms with Crippen LogP contribution in [0.25, 0.3) is 10.9 Å². The van der Waals surface area contributed by atoms with Gasteiger partial charge in [-0.25, -0.2) is 0 Å². The highest BCUT2D eigenvalue weighted by Crippen LogP contribution is 2.26. The number of carbonyl (C=O) groups is 1. The van der Waals surface area contributed by atoms with Crippen molar-refractivity contribution in [2.45, 2.75) is 45.1 Å². The standard InChI is InChI=1S/C20H27N3O3S/c1-7-14-9-15-10-16(8-13(2)17(15)21-11-14)26-19(27-6)18(24)23-20(3,4)12-22-25-5/h8-12,19H,7H2,1-6H3,(H,23,24). The molecule has 2 rings (SSSR count). The number of fused-ring (bicyclic) bond motifs is 1. The van der Waals surface area contributed by atoms with E-state index in [0.717, 1.165) is 28.5 Å². The average molecular weight is 390 g/mol. The number of oxime groups is 1. The lowest BCUT2D eigenvalue weighted by Gasteiger charge is -2.24. The number of hydrogen-bond donors (Lipinski definition) is 1. The SMILES string of the molecule is CCc1cnc2c(C)cc(OC(SC)C(=O)NC(C)(C)C=NOC)cc2c1. The predicted molar refractivity (Wildman–Crippen MR) is 112 cm³/mol. The Morgan fingerprint density at radius 1 is 1.41 bits per heavy atom. The molecule has 27 heavy (non-hydrogen) atoms. The second-order valence-electron chi connectivity index (χ2n) is 6.82. The maximum Gasteiger partial charge on any atom is 0.272 e. The molecule has 0 fully saturated rings. The number of aromatic nitrogens is 1. The molecule has 1 aromatic heterocycles. The van der Waals surface area contributed by atoms with Crippen molar-refractivity contribution in [3.63, 3.8) is 0 Å². The quantitative estimate of drug-likeness (QED) is 0.423. The van der Waals surface area contributed by atoms with Crippen LogP contribution in [0.1, 0.15) is 31.9 Å². The smallest absolute Gasteiger partial charge is 0.272 e. The van der Waals surface area contributed by atoms with Gasteiger partial charge in [-0.1, -0.05) is 12.1 Å². The van der Waals surface area contributed by atoms with E-state index in [0.29, 0.717) is 5.75 Å². The van der Waals surface area contributed by atoms with Gasteiger partial charge in [0.05, 0.1) is 17.3 Å². The second kappa shape index (κ2) is 9.08. The molecule has 1 unspecified atom stereocenters. The van der Waals surface area contributed by atoms with Gasteiger partial charge in [-0.3, -0.25) is 9.78 Å². The monoisotopic (exact) mass is 389 g/mol. The lowest BCUT2D eigenvalue weighted by molar-refractivity contribution is -0.125. The van der Waals surface area contributed by atoms with Gasteiger partial charge in [-0.2, -0.15) is 0 Å². The van der Waals surface area contributed by atoms with Gasteiger partial charge in [0, 0.05) is 11.6 Å². The zero-order chi connectivity index (χ0) is 20.0. The number of pyridine rings is 1. The van der Waals surface area contributed by atoms with Gasteiger partial charge < -0.3 is 14.9 Å². The third-order valence-corrected chi connectivity index (χ3v) is 4.75. The van der Waals surface area contributed by atoms with E-state index < -0.39 is 11.0 Å². The van der Waals surface area contributed by atoms with E-state index in [1.165, 1.54) is 18.9 Å². The summed E-state index contributed by atoms with van der Waals surface area (Å²) in [6, 6.07) is 5.96. The third kappa shape index (κ3) is 5.60. The van der Waals surface area contributed by atoms with Gasteiger partial charge in [-0.15, -0.1) is 11.8 Å². The van der Waals surface area contributed by atoms with Crippen LogP contribution in [0.15, 0.2) is 29.6 Å². The fraction of sp³-hybridized carbons (Fsp3) is 0.450. The van der Waals surface area contributed by atoms with Crippen molar-refractivity contribution in [3.05, 3.63) is 35.5 Å². The van der Waals surface area contributed by atoms with Crippen LogP contribution in [-0.2, 0) is 16.1 Å². The van der Waals surface area contributed by atoms with Gasteiger partial charge in [0.1, 0.15) is 12.9 Å². The predicted octanol–water partition coefficient (Wildman–Crippen LogP) is 3.70. The van der Waals surface area contributed by atoms with Crippen LogP contribution in [0.4, 0.5) is 0 Å². The minimum absolute atomic E-state index is 0.228. The molecule has 0 bridgehead atoms. The normalized spacial score (nSPS) is 13.0. The molecular weight excluding hydrogens is 362 g/mol. The van der Waals surface area contributed by atoms with E-state index in [2.05, 4.69) is 28.4 Å². The van der Waals surface area contributed by atoms with Crippen LogP contribution >= 0.6 is 11.8 Å². The third-order valence-electron chi connectivity index (χ3n) is 4.01. The van der Waals surface area contributed by atoms with E-state index in [9.17, 15) is 4.79 Å². The summed E-state index contributed by atoms with van der Waals surface area (Å²) < 4.78 is 5.99. The van der Waals surface area contributed by atoms with Crippen molar-refractivity contribution >= 4 is 34.8 Å². The number of thioether (sulfide) groups is 1. The fourth-order valence-corrected chi connectivity index (χ4v) is 3.11. The average Bonchev–Trinajstić information content (AvgIpc) is 2.63. The van der Waals surface area contributed by atoms with Gasteiger partial charge in [0.25, 0.3) is 5.91 Å². The largest absolute Gasteiger partial charge is 0.470 e. The summed E-state index contributed by atoms with van der Waals surface area (Å²) in [6.07, 6.45) is 6.20. The molecule has 1 amide bonds. The van der Waals surface area contributed by atoms with Crippen molar-refractivity contribution < 1.29 is 14.4 Å². The van der Waals surface area contributed by atoms with Gasteiger partial charge in [0.15, 0.2) is 0 Å². The number of rotatable bonds is 8. The molecule has 1 heterocycles. The van der Waals surface area contributed by atoms with Crippen molar-refractivity contribution in [1.82, 2.24) is 10.3 Å². The summed E-state index contributed by atoms with van der Waals surface area (Å²) >= 11 is 1.33. The number of carbonyl (C=O) groups excluding carboxylic acids is 1. The summed E-state index contributed by atoms with van der Waals surface area (Å²) in [5.41, 5.74) is 1.79. The first-order valence-corrected chi connectivity index (χ1v) is 10.1. The maximum absolute atomic E-state index is 12.6. The molecule has 6 nitrogen and oxygen atoms in total. The molecule has 1 N–H and O–H groups in total. The summed E-state index contributed by atoms with van der Waals surface area (Å²) in [5, 5.41) is 7.65. The molecule has 0 aliphatic rings. The Morgan fingerprint density at radius 2 is 2.15 bits per heavy atom. The van der Waals surface area contributed by atoms with E-state index in [1.54, 1.807) is 6.21 Å². The Hall–Kier alpha value is -2.28. The molecule has 0 saturated carbocycles. The minimum atomic E-state index is -0.681. The van der Waals surface area contributed by atoms with E-state index in [-0.39, 0.29) is 5.91 Å². The van der Waals surface area contributed by atoms with Gasteiger partial charge >= 0.3 is 0 Å². The van der Waals surface area contributed by atoms with E-state index in [1.807, 2.05) is 45.4 Å². The molecule has 0 aliphatic heterocycles. The molecule has 0 aliphatic carbocycles. The molecule has 0 radical (unpaired) electrons. The molecule has 0 saturated heterocycles. The van der Waals surface area contributed by atoms with Crippen LogP contribution in [0, 0.1) is 6.92 Å². The number of nitrogens with one attached hydrogen (secondary N) is 1. The zero-order valence-corrected chi connectivity index (χ0v) is 17.5. The van der Waals surface area contributed by atoms with Crippen LogP contribution in [0.3, 0.4) is 0 Å². The maximum atomic E-state index is 12.6. The highest BCUT2D eigenvalue weighted by Gasteiger charge is 2.26. The molecule has 1 aromatic carbocycles. The number of hydrogen-bond acceptors (Lipinski definition) is 6. The molecule has 1 atom stereocenters. The zero-order valence-electron chi connectivity index (χ0n) is 16.7. The number of ether oxygens (including phenoxy) is 1. The minimum Gasteiger partial charge on any atom is -0.470 e. The molecular formula is C20H27N3O3S. The Bertz CT molecular complexity index is 837. The summed E-state index contributed by atoms with van der Waals surface area (Å²) in [6.45, 7) is 7.76. The second-order valence-corrected chi connectivity index (χ2v) is 7.72. The lowest BCUT2D eigenvalue weighted by atomic mass is 10.1. The first-order valence-electron chi connectivity index (χ1n) is 8.78. The summed E-state index contributed by atoms with van der Waals surface area (Å²) in [4.78, 5) is 21.9. The molecule has 2 aromatic rings. The molecule has 0 spiro atoms. The number of nitrogens with zero attached hydrogens (tertiary/aromatic N) is 2. The topological polar surface area (TPSA) is 72.8 Å². The van der Waals surface area contributed by atoms with Crippen molar-refractivity contribution in [2.75, 3.05) is 13.4 Å². The van der Waals surface area contributed by atoms with Crippen LogP contribution in [0.5, 0.6) is 5.75 Å². The Labute approximate surface area is 164 Å². The van der Waals surface area contributed by atoms with Crippen LogP contribution in [0.2, 0.25) is 0 Å². The molecule has 7 heteroatoms. The van der Waals surface area contributed by atoms with Crippen molar-refractivity contribution in [2.24, 2.45) is 5.16 Å². The Morgan fingerprint density at radius 3 is 2.78 bits per heavy atom. The molecule has 146 valence electrons. The van der Waals surface area contributed by atoms with Gasteiger partial charge in [0.2, 0.25) is 5.44 Å². The first-order chi connectivity index (χ1) is 12.8. The van der Waals surface area contributed by atoms with Crippen LogP contribution in [-0.4, -0.2) is 41.4 Å². The number of aryl methyl sites for hydroxylation is 2. The van der Waals surface area contributed by atoms with Crippen molar-refractivity contribution in [1.29, 1.82) is 0 Å². The first kappa shape index (κ1) is 21.0. The van der Waals surface area contributed by atoms with Crippen molar-refractivity contribution in [3.8, 4) is 5.75 Å². The lowest BCUT2D eigenvalue weighted by Crippen LogP contribution is -2.49. The Kier molecular flexibility index (Phi) is 7.07.